The summed E-state index contributed by atoms with van der Waals surface area (Å²) in [6, 6.07) is 0. The van der Waals surface area contributed by atoms with Crippen LogP contribution in [-0.2, 0) is 18.4 Å². The van der Waals surface area contributed by atoms with Gasteiger partial charge in [0.1, 0.15) is 5.82 Å². The number of nitrogens with zero attached hydrogens (tertiary/aromatic N) is 3. The Balaban J connectivity index is 2.74. The lowest BCUT2D eigenvalue weighted by Crippen LogP contribution is -2.53. The topological polar surface area (TPSA) is 64.2 Å². The summed E-state index contributed by atoms with van der Waals surface area (Å²) in [6.45, 7) is 4.37. The van der Waals surface area contributed by atoms with Crippen LogP contribution in [0.1, 0.15) is 32.5 Å². The second-order valence-corrected chi connectivity index (χ2v) is 4.48. The Labute approximate surface area is 103 Å². The molecule has 5 heteroatoms. The van der Waals surface area contributed by atoms with Gasteiger partial charge in [-0.15, -0.1) is 0 Å². The van der Waals surface area contributed by atoms with Crippen LogP contribution in [-0.4, -0.2) is 32.9 Å². The minimum absolute atomic E-state index is 0.0227. The molecule has 1 aromatic rings. The molecule has 1 aromatic heterocycles. The molecule has 0 radical (unpaired) electrons. The lowest BCUT2D eigenvalue weighted by Gasteiger charge is -2.30. The zero-order valence-corrected chi connectivity index (χ0v) is 11.1. The Morgan fingerprint density at radius 3 is 2.53 bits per heavy atom. The van der Waals surface area contributed by atoms with Gasteiger partial charge in [-0.1, -0.05) is 13.8 Å². The molecule has 0 spiro atoms. The van der Waals surface area contributed by atoms with Crippen LogP contribution in [0.4, 0.5) is 0 Å². The summed E-state index contributed by atoms with van der Waals surface area (Å²) in [5, 5.41) is 0. The van der Waals surface area contributed by atoms with Gasteiger partial charge in [-0.2, -0.15) is 0 Å². The van der Waals surface area contributed by atoms with Crippen LogP contribution < -0.4 is 5.73 Å². The van der Waals surface area contributed by atoms with E-state index in [1.54, 1.807) is 18.1 Å². The summed E-state index contributed by atoms with van der Waals surface area (Å²) < 4.78 is 1.90. The van der Waals surface area contributed by atoms with E-state index in [0.29, 0.717) is 19.4 Å². The number of imidazole rings is 1. The van der Waals surface area contributed by atoms with E-state index < -0.39 is 5.54 Å². The van der Waals surface area contributed by atoms with Gasteiger partial charge in [-0.05, 0) is 12.8 Å². The van der Waals surface area contributed by atoms with Crippen molar-refractivity contribution in [3.05, 3.63) is 18.2 Å². The van der Waals surface area contributed by atoms with Gasteiger partial charge in [0.05, 0.1) is 12.1 Å². The summed E-state index contributed by atoms with van der Waals surface area (Å²) in [6.07, 6.45) is 4.88. The number of aromatic nitrogens is 2. The van der Waals surface area contributed by atoms with Crippen LogP contribution in [0, 0.1) is 0 Å². The Bertz CT molecular complexity index is 382. The van der Waals surface area contributed by atoms with Crippen molar-refractivity contribution in [3.63, 3.8) is 0 Å². The number of rotatable bonds is 5. The monoisotopic (exact) mass is 238 g/mol. The predicted molar refractivity (Wildman–Crippen MR) is 67.2 cm³/mol. The van der Waals surface area contributed by atoms with E-state index in [-0.39, 0.29) is 5.91 Å². The van der Waals surface area contributed by atoms with E-state index in [9.17, 15) is 4.79 Å². The molecule has 0 aliphatic carbocycles. The predicted octanol–water partition coefficient (Wildman–Crippen LogP) is 0.896. The first-order valence-corrected chi connectivity index (χ1v) is 5.95. The number of hydrogen-bond acceptors (Lipinski definition) is 3. The molecule has 1 heterocycles. The van der Waals surface area contributed by atoms with Crippen LogP contribution in [0.5, 0.6) is 0 Å². The fourth-order valence-corrected chi connectivity index (χ4v) is 1.77. The Hall–Kier alpha value is -1.36. The average molecular weight is 238 g/mol. The molecule has 5 nitrogen and oxygen atoms in total. The molecule has 0 saturated heterocycles. The van der Waals surface area contributed by atoms with Crippen LogP contribution in [0.2, 0.25) is 0 Å². The lowest BCUT2D eigenvalue weighted by atomic mass is 9.92. The first-order valence-electron chi connectivity index (χ1n) is 5.95. The van der Waals surface area contributed by atoms with Crippen molar-refractivity contribution in [1.29, 1.82) is 0 Å². The third-order valence-corrected chi connectivity index (χ3v) is 3.33. The normalized spacial score (nSPS) is 11.6. The van der Waals surface area contributed by atoms with Crippen LogP contribution >= 0.6 is 0 Å². The van der Waals surface area contributed by atoms with Gasteiger partial charge in [0, 0.05) is 26.5 Å². The van der Waals surface area contributed by atoms with E-state index in [1.165, 1.54) is 0 Å². The van der Waals surface area contributed by atoms with Crippen molar-refractivity contribution < 1.29 is 4.79 Å². The molecule has 1 amide bonds. The van der Waals surface area contributed by atoms with E-state index in [4.69, 9.17) is 5.73 Å². The highest BCUT2D eigenvalue weighted by atomic mass is 16.2. The van der Waals surface area contributed by atoms with Crippen molar-refractivity contribution in [3.8, 4) is 0 Å². The fourth-order valence-electron chi connectivity index (χ4n) is 1.77. The van der Waals surface area contributed by atoms with Crippen LogP contribution in [0.15, 0.2) is 12.4 Å². The average Bonchev–Trinajstić information content (AvgIpc) is 2.73. The number of aryl methyl sites for hydroxylation is 1. The molecule has 0 unspecified atom stereocenters. The third-order valence-electron chi connectivity index (χ3n) is 3.33. The van der Waals surface area contributed by atoms with Gasteiger partial charge >= 0.3 is 0 Å². The minimum atomic E-state index is -0.750. The van der Waals surface area contributed by atoms with Gasteiger partial charge in [-0.3, -0.25) is 4.79 Å². The SMILES string of the molecule is CCC(N)(CC)C(=O)N(C)Cc1nccn1C. The summed E-state index contributed by atoms with van der Waals surface area (Å²) in [5.74, 6) is 0.834. The summed E-state index contributed by atoms with van der Waals surface area (Å²) in [7, 11) is 3.68. The van der Waals surface area contributed by atoms with Crippen molar-refractivity contribution in [2.45, 2.75) is 38.8 Å². The van der Waals surface area contributed by atoms with Crippen molar-refractivity contribution in [1.82, 2.24) is 14.5 Å². The molecular weight excluding hydrogens is 216 g/mol. The largest absolute Gasteiger partial charge is 0.337 e. The molecule has 0 atom stereocenters. The summed E-state index contributed by atoms with van der Waals surface area (Å²) >= 11 is 0. The molecule has 2 N–H and O–H groups in total. The maximum Gasteiger partial charge on any atom is 0.242 e. The second kappa shape index (κ2) is 5.31. The molecule has 96 valence electrons. The molecule has 17 heavy (non-hydrogen) atoms. The smallest absolute Gasteiger partial charge is 0.242 e. The number of carbonyl (C=O) groups excluding carboxylic acids is 1. The molecule has 1 rings (SSSR count). The number of carbonyl (C=O) groups is 1. The Morgan fingerprint density at radius 2 is 2.12 bits per heavy atom. The van der Waals surface area contributed by atoms with E-state index in [1.807, 2.05) is 31.7 Å². The van der Waals surface area contributed by atoms with E-state index in [0.717, 1.165) is 5.82 Å². The maximum absolute atomic E-state index is 12.2. The molecule has 0 bridgehead atoms. The maximum atomic E-state index is 12.2. The molecule has 0 fully saturated rings. The minimum Gasteiger partial charge on any atom is -0.337 e. The Kier molecular flexibility index (Phi) is 4.28. The first kappa shape index (κ1) is 13.7. The highest BCUT2D eigenvalue weighted by molar-refractivity contribution is 5.85. The van der Waals surface area contributed by atoms with Gasteiger partial charge in [-0.25, -0.2) is 4.98 Å². The third kappa shape index (κ3) is 2.85. The fraction of sp³-hybridized carbons (Fsp3) is 0.667. The number of amides is 1. The number of hydrogen-bond donors (Lipinski definition) is 1. The quantitative estimate of drug-likeness (QED) is 0.828. The molecular formula is C12H22N4O. The number of likely N-dealkylation sites (N-methyl/N-ethyl adjacent to an activating group) is 1. The van der Waals surface area contributed by atoms with E-state index >= 15 is 0 Å². The highest BCUT2D eigenvalue weighted by Crippen LogP contribution is 2.15. The van der Waals surface area contributed by atoms with Crippen molar-refractivity contribution >= 4 is 5.91 Å². The zero-order chi connectivity index (χ0) is 13.1. The second-order valence-electron chi connectivity index (χ2n) is 4.48. The van der Waals surface area contributed by atoms with Crippen LogP contribution in [0.3, 0.4) is 0 Å². The van der Waals surface area contributed by atoms with Gasteiger partial charge in [0.15, 0.2) is 0 Å². The van der Waals surface area contributed by atoms with Crippen LogP contribution in [0.25, 0.3) is 0 Å². The summed E-state index contributed by atoms with van der Waals surface area (Å²) in [4.78, 5) is 18.1. The highest BCUT2D eigenvalue weighted by Gasteiger charge is 2.32. The molecule has 0 aromatic carbocycles. The lowest BCUT2D eigenvalue weighted by molar-refractivity contribution is -0.136. The summed E-state index contributed by atoms with van der Waals surface area (Å²) in [5.41, 5.74) is 5.34. The van der Waals surface area contributed by atoms with Gasteiger partial charge in [0.25, 0.3) is 0 Å². The zero-order valence-electron chi connectivity index (χ0n) is 11.1. The van der Waals surface area contributed by atoms with E-state index in [2.05, 4.69) is 4.98 Å². The van der Waals surface area contributed by atoms with Gasteiger partial charge in [0.2, 0.25) is 5.91 Å². The standard InChI is InChI=1S/C12H22N4O/c1-5-12(13,6-2)11(17)16(4)9-10-14-7-8-15(10)3/h7-8H,5-6,9,13H2,1-4H3. The van der Waals surface area contributed by atoms with Gasteiger partial charge < -0.3 is 15.2 Å². The first-order chi connectivity index (χ1) is 7.94. The Morgan fingerprint density at radius 1 is 1.53 bits per heavy atom. The molecule has 0 aliphatic heterocycles. The van der Waals surface area contributed by atoms with Crippen molar-refractivity contribution in [2.75, 3.05) is 7.05 Å². The number of nitrogens with two attached hydrogens (primary N) is 1. The van der Waals surface area contributed by atoms with Crippen molar-refractivity contribution in [2.24, 2.45) is 12.8 Å². The molecule has 0 saturated carbocycles. The molecule has 0 aliphatic rings.